The maximum absolute atomic E-state index is 13.6. The summed E-state index contributed by atoms with van der Waals surface area (Å²) in [4.78, 5) is 0. The molecule has 6 heteroatoms. The van der Waals surface area contributed by atoms with E-state index in [2.05, 4.69) is 5.32 Å². The SMILES string of the molecule is CCNC(CC(F)(F)F)c1cc(F)c(C)cc1F. The van der Waals surface area contributed by atoms with Crippen LogP contribution in [0.25, 0.3) is 0 Å². The van der Waals surface area contributed by atoms with Gasteiger partial charge in [-0.25, -0.2) is 8.78 Å². The van der Waals surface area contributed by atoms with E-state index in [0.717, 1.165) is 12.1 Å². The molecule has 0 aromatic heterocycles. The summed E-state index contributed by atoms with van der Waals surface area (Å²) in [6, 6.07) is 0.458. The second-order valence-electron chi connectivity index (χ2n) is 4.05. The summed E-state index contributed by atoms with van der Waals surface area (Å²) in [5, 5.41) is 2.52. The van der Waals surface area contributed by atoms with Crippen molar-refractivity contribution in [3.05, 3.63) is 34.9 Å². The number of rotatable bonds is 4. The number of nitrogens with one attached hydrogen (secondary N) is 1. The van der Waals surface area contributed by atoms with E-state index < -0.39 is 30.3 Å². The van der Waals surface area contributed by atoms with Crippen molar-refractivity contribution < 1.29 is 22.0 Å². The predicted octanol–water partition coefficient (Wildman–Crippen LogP) is 3.88. The van der Waals surface area contributed by atoms with Crippen LogP contribution in [0.15, 0.2) is 12.1 Å². The highest BCUT2D eigenvalue weighted by molar-refractivity contribution is 5.27. The first-order valence-electron chi connectivity index (χ1n) is 5.50. The lowest BCUT2D eigenvalue weighted by atomic mass is 10.0. The van der Waals surface area contributed by atoms with Crippen molar-refractivity contribution >= 4 is 0 Å². The quantitative estimate of drug-likeness (QED) is 0.816. The van der Waals surface area contributed by atoms with Crippen LogP contribution in [0, 0.1) is 18.6 Å². The van der Waals surface area contributed by atoms with Crippen LogP contribution in [-0.2, 0) is 0 Å². The highest BCUT2D eigenvalue weighted by atomic mass is 19.4. The van der Waals surface area contributed by atoms with E-state index in [1.807, 2.05) is 0 Å². The molecule has 1 rings (SSSR count). The molecule has 102 valence electrons. The minimum atomic E-state index is -4.44. The lowest BCUT2D eigenvalue weighted by molar-refractivity contribution is -0.140. The van der Waals surface area contributed by atoms with Crippen LogP contribution >= 0.6 is 0 Å². The molecule has 0 aliphatic carbocycles. The highest BCUT2D eigenvalue weighted by Gasteiger charge is 2.33. The van der Waals surface area contributed by atoms with Gasteiger partial charge >= 0.3 is 6.18 Å². The molecule has 1 atom stereocenters. The Morgan fingerprint density at radius 2 is 1.78 bits per heavy atom. The Kier molecular flexibility index (Phi) is 4.67. The molecule has 0 radical (unpaired) electrons. The lowest BCUT2D eigenvalue weighted by Crippen LogP contribution is -2.27. The van der Waals surface area contributed by atoms with Crippen LogP contribution < -0.4 is 5.32 Å². The van der Waals surface area contributed by atoms with Crippen LogP contribution in [-0.4, -0.2) is 12.7 Å². The molecule has 0 spiro atoms. The van der Waals surface area contributed by atoms with Gasteiger partial charge in [0.25, 0.3) is 0 Å². The number of hydrogen-bond donors (Lipinski definition) is 1. The van der Waals surface area contributed by atoms with Crippen molar-refractivity contribution in [3.8, 4) is 0 Å². The third kappa shape index (κ3) is 3.94. The number of hydrogen-bond acceptors (Lipinski definition) is 1. The largest absolute Gasteiger partial charge is 0.390 e. The zero-order chi connectivity index (χ0) is 13.9. The van der Waals surface area contributed by atoms with Crippen molar-refractivity contribution in [2.75, 3.05) is 6.54 Å². The molecule has 0 saturated carbocycles. The molecule has 0 heterocycles. The van der Waals surface area contributed by atoms with Crippen molar-refractivity contribution in [1.82, 2.24) is 5.32 Å². The second kappa shape index (κ2) is 5.65. The minimum Gasteiger partial charge on any atom is -0.310 e. The molecule has 0 aliphatic heterocycles. The molecular formula is C12H14F5N. The highest BCUT2D eigenvalue weighted by Crippen LogP contribution is 2.31. The van der Waals surface area contributed by atoms with Crippen molar-refractivity contribution in [2.45, 2.75) is 32.5 Å². The fourth-order valence-corrected chi connectivity index (χ4v) is 1.70. The predicted molar refractivity (Wildman–Crippen MR) is 58.2 cm³/mol. The summed E-state index contributed by atoms with van der Waals surface area (Å²) >= 11 is 0. The van der Waals surface area contributed by atoms with Gasteiger partial charge in [0.1, 0.15) is 11.6 Å². The van der Waals surface area contributed by atoms with Crippen LogP contribution in [0.3, 0.4) is 0 Å². The summed E-state index contributed by atoms with van der Waals surface area (Å²) in [7, 11) is 0. The monoisotopic (exact) mass is 267 g/mol. The van der Waals surface area contributed by atoms with Gasteiger partial charge in [-0.05, 0) is 31.2 Å². The molecule has 0 bridgehead atoms. The van der Waals surface area contributed by atoms with Crippen molar-refractivity contribution in [1.29, 1.82) is 0 Å². The average Bonchev–Trinajstić information content (AvgIpc) is 2.21. The first kappa shape index (κ1) is 14.9. The topological polar surface area (TPSA) is 12.0 Å². The van der Waals surface area contributed by atoms with Gasteiger partial charge in [0.15, 0.2) is 0 Å². The first-order valence-corrected chi connectivity index (χ1v) is 5.50. The Morgan fingerprint density at radius 1 is 1.17 bits per heavy atom. The number of alkyl halides is 3. The van der Waals surface area contributed by atoms with Gasteiger partial charge in [-0.2, -0.15) is 13.2 Å². The molecule has 0 amide bonds. The summed E-state index contributed by atoms with van der Waals surface area (Å²) in [6.07, 6.45) is -5.68. The van der Waals surface area contributed by atoms with Crippen molar-refractivity contribution in [2.24, 2.45) is 0 Å². The fraction of sp³-hybridized carbons (Fsp3) is 0.500. The molecular weight excluding hydrogens is 253 g/mol. The fourth-order valence-electron chi connectivity index (χ4n) is 1.70. The van der Waals surface area contributed by atoms with Gasteiger partial charge in [-0.15, -0.1) is 0 Å². The lowest BCUT2D eigenvalue weighted by Gasteiger charge is -2.21. The van der Waals surface area contributed by atoms with Gasteiger partial charge in [0.2, 0.25) is 0 Å². The first-order chi connectivity index (χ1) is 8.24. The summed E-state index contributed by atoms with van der Waals surface area (Å²) in [5.74, 6) is -1.54. The third-order valence-electron chi connectivity index (χ3n) is 2.54. The maximum Gasteiger partial charge on any atom is 0.390 e. The summed E-state index contributed by atoms with van der Waals surface area (Å²) in [6.45, 7) is 3.19. The Bertz CT molecular complexity index is 414. The molecule has 1 N–H and O–H groups in total. The van der Waals surface area contributed by atoms with E-state index in [1.54, 1.807) is 6.92 Å². The van der Waals surface area contributed by atoms with E-state index in [-0.39, 0.29) is 17.7 Å². The molecule has 1 unspecified atom stereocenters. The standard InChI is InChI=1S/C12H14F5N/c1-3-18-11(6-12(15,16)17)8-5-9(13)7(2)4-10(8)14/h4-5,11,18H,3,6H2,1-2H3. The Morgan fingerprint density at radius 3 is 2.28 bits per heavy atom. The number of aryl methyl sites for hydroxylation is 1. The van der Waals surface area contributed by atoms with Gasteiger partial charge in [0.05, 0.1) is 6.42 Å². The Labute approximate surface area is 102 Å². The van der Waals surface area contributed by atoms with E-state index >= 15 is 0 Å². The van der Waals surface area contributed by atoms with Crippen LogP contribution in [0.5, 0.6) is 0 Å². The van der Waals surface area contributed by atoms with E-state index in [9.17, 15) is 22.0 Å². The van der Waals surface area contributed by atoms with Crippen LogP contribution in [0.2, 0.25) is 0 Å². The Hall–Kier alpha value is -1.17. The zero-order valence-electron chi connectivity index (χ0n) is 10.0. The van der Waals surface area contributed by atoms with E-state index in [1.165, 1.54) is 6.92 Å². The smallest absolute Gasteiger partial charge is 0.310 e. The van der Waals surface area contributed by atoms with Crippen molar-refractivity contribution in [3.63, 3.8) is 0 Å². The van der Waals surface area contributed by atoms with E-state index in [0.29, 0.717) is 0 Å². The molecule has 0 fully saturated rings. The van der Waals surface area contributed by atoms with Gasteiger partial charge in [-0.3, -0.25) is 0 Å². The average molecular weight is 267 g/mol. The third-order valence-corrected chi connectivity index (χ3v) is 2.54. The van der Waals surface area contributed by atoms with Gasteiger partial charge < -0.3 is 5.32 Å². The maximum atomic E-state index is 13.6. The second-order valence-corrected chi connectivity index (χ2v) is 4.05. The molecule has 1 aromatic carbocycles. The molecule has 0 saturated heterocycles. The van der Waals surface area contributed by atoms with E-state index in [4.69, 9.17) is 0 Å². The summed E-state index contributed by atoms with van der Waals surface area (Å²) < 4.78 is 64.0. The number of benzene rings is 1. The van der Waals surface area contributed by atoms with Crippen LogP contribution in [0.4, 0.5) is 22.0 Å². The molecule has 18 heavy (non-hydrogen) atoms. The normalized spacial score (nSPS) is 13.7. The van der Waals surface area contributed by atoms with Crippen LogP contribution in [0.1, 0.15) is 30.5 Å². The summed E-state index contributed by atoms with van der Waals surface area (Å²) in [5.41, 5.74) is -0.226. The molecule has 0 aliphatic rings. The molecule has 1 nitrogen and oxygen atoms in total. The Balaban J connectivity index is 3.09. The van der Waals surface area contributed by atoms with Gasteiger partial charge in [0, 0.05) is 11.6 Å². The zero-order valence-corrected chi connectivity index (χ0v) is 10.0. The number of halogens is 5. The molecule has 1 aromatic rings. The minimum absolute atomic E-state index is 0.0681. The van der Waals surface area contributed by atoms with Gasteiger partial charge in [-0.1, -0.05) is 6.92 Å².